The number of amides is 1. The first kappa shape index (κ1) is 12.4. The van der Waals surface area contributed by atoms with Crippen LogP contribution in [0.2, 0.25) is 0 Å². The molecule has 0 unspecified atom stereocenters. The molecule has 0 spiro atoms. The van der Waals surface area contributed by atoms with Gasteiger partial charge in [-0.15, -0.1) is 0 Å². The van der Waals surface area contributed by atoms with E-state index < -0.39 is 0 Å². The maximum atomic E-state index is 11.7. The van der Waals surface area contributed by atoms with Gasteiger partial charge in [-0.25, -0.2) is 10.8 Å². The minimum Gasteiger partial charge on any atom is -0.352 e. The second-order valence-corrected chi connectivity index (χ2v) is 3.49. The van der Waals surface area contributed by atoms with E-state index in [2.05, 4.69) is 22.7 Å². The molecule has 5 nitrogen and oxygen atoms in total. The zero-order valence-corrected chi connectivity index (χ0v) is 9.71. The Kier molecular flexibility index (Phi) is 4.72. The molecular weight excluding hydrogens is 204 g/mol. The number of nitrogen functional groups attached to an aromatic ring is 1. The molecule has 1 heterocycles. The summed E-state index contributed by atoms with van der Waals surface area (Å²) in [5, 5.41) is 2.75. The average molecular weight is 222 g/mol. The van der Waals surface area contributed by atoms with Gasteiger partial charge in [0.1, 0.15) is 5.82 Å². The van der Waals surface area contributed by atoms with Crippen LogP contribution in [-0.2, 0) is 6.42 Å². The van der Waals surface area contributed by atoms with Crippen molar-refractivity contribution in [2.45, 2.75) is 26.7 Å². The number of hydrazine groups is 1. The van der Waals surface area contributed by atoms with Gasteiger partial charge >= 0.3 is 0 Å². The van der Waals surface area contributed by atoms with Crippen LogP contribution in [0.25, 0.3) is 0 Å². The zero-order valence-electron chi connectivity index (χ0n) is 9.71. The number of nitrogens with two attached hydrogens (primary N) is 1. The monoisotopic (exact) mass is 222 g/mol. The van der Waals surface area contributed by atoms with E-state index in [0.717, 1.165) is 18.5 Å². The first-order chi connectivity index (χ1) is 7.71. The van der Waals surface area contributed by atoms with Crippen molar-refractivity contribution in [2.24, 2.45) is 5.84 Å². The van der Waals surface area contributed by atoms with Gasteiger partial charge in [-0.05, 0) is 25.5 Å². The molecule has 4 N–H and O–H groups in total. The maximum Gasteiger partial charge on any atom is 0.251 e. The number of carbonyl (C=O) groups excluding carboxylic acids is 1. The molecule has 16 heavy (non-hydrogen) atoms. The van der Waals surface area contributed by atoms with Crippen molar-refractivity contribution < 1.29 is 4.79 Å². The molecule has 0 radical (unpaired) electrons. The van der Waals surface area contributed by atoms with Crippen molar-refractivity contribution >= 4 is 11.7 Å². The van der Waals surface area contributed by atoms with Crippen molar-refractivity contribution in [1.29, 1.82) is 0 Å². The number of nitrogens with zero attached hydrogens (tertiary/aromatic N) is 1. The molecular formula is C11H18N4O. The zero-order chi connectivity index (χ0) is 12.0. The summed E-state index contributed by atoms with van der Waals surface area (Å²) in [4.78, 5) is 15.9. The lowest BCUT2D eigenvalue weighted by Gasteiger charge is -2.07. The molecule has 0 aromatic carbocycles. The Balaban J connectivity index is 2.98. The second-order valence-electron chi connectivity index (χ2n) is 3.49. The van der Waals surface area contributed by atoms with Crippen molar-refractivity contribution in [2.75, 3.05) is 12.0 Å². The molecule has 0 saturated carbocycles. The van der Waals surface area contributed by atoms with E-state index in [0.29, 0.717) is 17.9 Å². The highest BCUT2D eigenvalue weighted by molar-refractivity contribution is 5.94. The topological polar surface area (TPSA) is 80.0 Å². The number of carbonyl (C=O) groups is 1. The molecule has 0 atom stereocenters. The lowest BCUT2D eigenvalue weighted by Crippen LogP contribution is -2.23. The third kappa shape index (κ3) is 3.20. The number of hydrogen-bond donors (Lipinski definition) is 3. The van der Waals surface area contributed by atoms with Crippen LogP contribution in [0.3, 0.4) is 0 Å². The predicted molar refractivity (Wildman–Crippen MR) is 64.0 cm³/mol. The van der Waals surface area contributed by atoms with Gasteiger partial charge in [0.05, 0.1) is 0 Å². The summed E-state index contributed by atoms with van der Waals surface area (Å²) in [6, 6.07) is 3.44. The third-order valence-electron chi connectivity index (χ3n) is 2.13. The fourth-order valence-electron chi connectivity index (χ4n) is 1.44. The highest BCUT2D eigenvalue weighted by Gasteiger charge is 2.08. The lowest BCUT2D eigenvalue weighted by molar-refractivity contribution is 0.0955. The van der Waals surface area contributed by atoms with E-state index in [9.17, 15) is 4.79 Å². The average Bonchev–Trinajstić information content (AvgIpc) is 2.29. The summed E-state index contributed by atoms with van der Waals surface area (Å²) in [6.07, 6.45) is 1.82. The SMILES string of the molecule is CCCc1cc(C(=O)NCC)cc(NN)n1. The van der Waals surface area contributed by atoms with Crippen LogP contribution in [0, 0.1) is 0 Å². The summed E-state index contributed by atoms with van der Waals surface area (Å²) in [5.74, 6) is 5.74. The quantitative estimate of drug-likeness (QED) is 0.514. The van der Waals surface area contributed by atoms with Crippen LogP contribution in [0.1, 0.15) is 36.3 Å². The Hall–Kier alpha value is -1.62. The minimum absolute atomic E-state index is 0.0984. The van der Waals surface area contributed by atoms with Gasteiger partial charge in [-0.1, -0.05) is 13.3 Å². The highest BCUT2D eigenvalue weighted by Crippen LogP contribution is 2.11. The standard InChI is InChI=1S/C11H18N4O/c1-3-5-9-6-8(11(16)13-4-2)7-10(14-9)15-12/h6-7H,3-5,12H2,1-2H3,(H,13,16)(H,14,15). The van der Waals surface area contributed by atoms with Gasteiger partial charge in [0, 0.05) is 17.8 Å². The van der Waals surface area contributed by atoms with E-state index in [-0.39, 0.29) is 5.91 Å². The fraction of sp³-hybridized carbons (Fsp3) is 0.455. The molecule has 0 saturated heterocycles. The normalized spacial score (nSPS) is 9.94. The summed E-state index contributed by atoms with van der Waals surface area (Å²) in [7, 11) is 0. The summed E-state index contributed by atoms with van der Waals surface area (Å²) >= 11 is 0. The first-order valence-electron chi connectivity index (χ1n) is 5.47. The Labute approximate surface area is 95.4 Å². The van der Waals surface area contributed by atoms with Crippen molar-refractivity contribution in [3.8, 4) is 0 Å². The van der Waals surface area contributed by atoms with E-state index in [4.69, 9.17) is 5.84 Å². The smallest absolute Gasteiger partial charge is 0.251 e. The maximum absolute atomic E-state index is 11.7. The third-order valence-corrected chi connectivity index (χ3v) is 2.13. The fourth-order valence-corrected chi connectivity index (χ4v) is 1.44. The van der Waals surface area contributed by atoms with E-state index in [1.54, 1.807) is 12.1 Å². The van der Waals surface area contributed by atoms with E-state index in [1.165, 1.54) is 0 Å². The Morgan fingerprint density at radius 3 is 2.75 bits per heavy atom. The first-order valence-corrected chi connectivity index (χ1v) is 5.47. The minimum atomic E-state index is -0.0984. The Morgan fingerprint density at radius 1 is 1.44 bits per heavy atom. The van der Waals surface area contributed by atoms with Crippen LogP contribution in [0.5, 0.6) is 0 Å². The van der Waals surface area contributed by atoms with Gasteiger partial charge in [0.25, 0.3) is 5.91 Å². The number of aromatic nitrogens is 1. The molecule has 88 valence electrons. The number of rotatable bonds is 5. The molecule has 1 aromatic rings. The molecule has 5 heteroatoms. The van der Waals surface area contributed by atoms with Crippen LogP contribution < -0.4 is 16.6 Å². The molecule has 0 aliphatic carbocycles. The van der Waals surface area contributed by atoms with E-state index >= 15 is 0 Å². The molecule has 0 bridgehead atoms. The lowest BCUT2D eigenvalue weighted by atomic mass is 10.1. The molecule has 0 aliphatic heterocycles. The van der Waals surface area contributed by atoms with Crippen LogP contribution in [0.4, 0.5) is 5.82 Å². The Morgan fingerprint density at radius 2 is 2.19 bits per heavy atom. The molecule has 1 amide bonds. The van der Waals surface area contributed by atoms with Crippen molar-refractivity contribution in [3.63, 3.8) is 0 Å². The largest absolute Gasteiger partial charge is 0.352 e. The van der Waals surface area contributed by atoms with Crippen molar-refractivity contribution in [1.82, 2.24) is 10.3 Å². The molecule has 0 fully saturated rings. The van der Waals surface area contributed by atoms with Gasteiger partial charge in [-0.3, -0.25) is 4.79 Å². The van der Waals surface area contributed by atoms with Crippen molar-refractivity contribution in [3.05, 3.63) is 23.4 Å². The summed E-state index contributed by atoms with van der Waals surface area (Å²) in [6.45, 7) is 4.56. The van der Waals surface area contributed by atoms with Gasteiger partial charge in [0.2, 0.25) is 0 Å². The molecule has 1 aromatic heterocycles. The highest BCUT2D eigenvalue weighted by atomic mass is 16.1. The molecule has 0 aliphatic rings. The molecule has 1 rings (SSSR count). The van der Waals surface area contributed by atoms with Gasteiger partial charge < -0.3 is 10.7 Å². The van der Waals surface area contributed by atoms with Crippen LogP contribution in [-0.4, -0.2) is 17.4 Å². The number of anilines is 1. The number of pyridine rings is 1. The Bertz CT molecular complexity index is 365. The second kappa shape index (κ2) is 6.07. The van der Waals surface area contributed by atoms with E-state index in [1.807, 2.05) is 6.92 Å². The van der Waals surface area contributed by atoms with Crippen LogP contribution >= 0.6 is 0 Å². The van der Waals surface area contributed by atoms with Crippen LogP contribution in [0.15, 0.2) is 12.1 Å². The number of nitrogens with one attached hydrogen (secondary N) is 2. The number of hydrogen-bond acceptors (Lipinski definition) is 4. The predicted octanol–water partition coefficient (Wildman–Crippen LogP) is 1.07. The summed E-state index contributed by atoms with van der Waals surface area (Å²) < 4.78 is 0. The number of aryl methyl sites for hydroxylation is 1. The van der Waals surface area contributed by atoms with Gasteiger partial charge in [-0.2, -0.15) is 0 Å². The van der Waals surface area contributed by atoms with Gasteiger partial charge in [0.15, 0.2) is 0 Å². The summed E-state index contributed by atoms with van der Waals surface area (Å²) in [5.41, 5.74) is 3.94.